The van der Waals surface area contributed by atoms with Crippen LogP contribution in [0.15, 0.2) is 47.5 Å². The molecule has 1 saturated carbocycles. The monoisotopic (exact) mass is 496 g/mol. The van der Waals surface area contributed by atoms with Gasteiger partial charge in [-0.2, -0.15) is 26.3 Å². The molecule has 1 fully saturated rings. The number of rotatable bonds is 7. The lowest BCUT2D eigenvalue weighted by Gasteiger charge is -2.31. The number of carbonyl (C=O) groups is 1. The highest BCUT2D eigenvalue weighted by atomic mass is 32.2. The molecule has 1 aromatic heterocycles. The van der Waals surface area contributed by atoms with Gasteiger partial charge >= 0.3 is 12.4 Å². The second kappa shape index (κ2) is 8.60. The number of nitrogens with one attached hydrogen (secondary N) is 1. The Morgan fingerprint density at radius 1 is 1.00 bits per heavy atom. The fraction of sp³-hybridized carbons (Fsp3) is 0.400. The van der Waals surface area contributed by atoms with E-state index >= 15 is 0 Å². The van der Waals surface area contributed by atoms with Crippen LogP contribution in [0.5, 0.6) is 0 Å². The van der Waals surface area contributed by atoms with E-state index in [1.165, 1.54) is 24.3 Å². The molecule has 0 unspecified atom stereocenters. The average molecular weight is 496 g/mol. The highest BCUT2D eigenvalue weighted by molar-refractivity contribution is 7.91. The van der Waals surface area contributed by atoms with Crippen LogP contribution in [0.2, 0.25) is 0 Å². The highest BCUT2D eigenvalue weighted by Gasteiger charge is 2.72. The molecule has 1 aliphatic carbocycles. The van der Waals surface area contributed by atoms with Gasteiger partial charge in [0.2, 0.25) is 5.91 Å². The lowest BCUT2D eigenvalue weighted by atomic mass is 9.97. The van der Waals surface area contributed by atoms with Gasteiger partial charge < -0.3 is 10.4 Å². The molecular weight excluding hydrogens is 478 g/mol. The number of carbonyl (C=O) groups excluding carboxylic acids is 1. The number of pyridine rings is 1. The maximum Gasteiger partial charge on any atom is 0.432 e. The maximum absolute atomic E-state index is 12.9. The van der Waals surface area contributed by atoms with Crippen LogP contribution >= 0.6 is 0 Å². The summed E-state index contributed by atoms with van der Waals surface area (Å²) >= 11 is 0. The molecule has 1 aliphatic rings. The minimum atomic E-state index is -6.07. The van der Waals surface area contributed by atoms with Crippen LogP contribution in [0.4, 0.5) is 32.0 Å². The summed E-state index contributed by atoms with van der Waals surface area (Å²) in [5.41, 5.74) is -6.61. The number of sulfone groups is 1. The minimum absolute atomic E-state index is 0.0631. The molecule has 180 valence electrons. The number of aliphatic hydroxyl groups is 1. The lowest BCUT2D eigenvalue weighted by Crippen LogP contribution is -2.54. The van der Waals surface area contributed by atoms with E-state index in [4.69, 9.17) is 0 Å². The number of nitrogens with zero attached hydrogens (tertiary/aromatic N) is 1. The van der Waals surface area contributed by atoms with E-state index in [1.807, 2.05) is 0 Å². The molecule has 6 nitrogen and oxygen atoms in total. The predicted octanol–water partition coefficient (Wildman–Crippen LogP) is 3.76. The average Bonchev–Trinajstić information content (AvgIpc) is 3.50. The van der Waals surface area contributed by atoms with E-state index in [2.05, 4.69) is 10.3 Å². The first-order chi connectivity index (χ1) is 15.1. The van der Waals surface area contributed by atoms with E-state index in [0.717, 1.165) is 18.9 Å². The number of hydrogen-bond donors (Lipinski definition) is 2. The number of amides is 1. The Bertz CT molecular complexity index is 1100. The molecule has 0 spiro atoms. The summed E-state index contributed by atoms with van der Waals surface area (Å²) < 4.78 is 102. The van der Waals surface area contributed by atoms with Crippen molar-refractivity contribution in [1.82, 2.24) is 4.98 Å². The number of hydrogen-bond acceptors (Lipinski definition) is 5. The van der Waals surface area contributed by atoms with Gasteiger partial charge in [0.15, 0.2) is 9.84 Å². The fourth-order valence-electron chi connectivity index (χ4n) is 3.03. The number of alkyl halides is 6. The van der Waals surface area contributed by atoms with Gasteiger partial charge in [-0.1, -0.05) is 12.1 Å². The summed E-state index contributed by atoms with van der Waals surface area (Å²) in [4.78, 5) is 15.3. The highest BCUT2D eigenvalue weighted by Crippen LogP contribution is 2.49. The molecule has 2 aromatic rings. The summed E-state index contributed by atoms with van der Waals surface area (Å²) in [7, 11) is -3.42. The van der Waals surface area contributed by atoms with E-state index in [-0.39, 0.29) is 28.7 Å². The summed E-state index contributed by atoms with van der Waals surface area (Å²) in [5.74, 6) is -0.433. The zero-order chi connectivity index (χ0) is 24.7. The zero-order valence-corrected chi connectivity index (χ0v) is 17.6. The van der Waals surface area contributed by atoms with Crippen molar-refractivity contribution < 1.29 is 44.7 Å². The van der Waals surface area contributed by atoms with Gasteiger partial charge in [-0.25, -0.2) is 8.42 Å². The van der Waals surface area contributed by atoms with Crippen molar-refractivity contribution in [2.24, 2.45) is 5.92 Å². The largest absolute Gasteiger partial charge is 0.432 e. The molecule has 3 rings (SSSR count). The number of halogens is 6. The summed E-state index contributed by atoms with van der Waals surface area (Å²) in [6.07, 6.45) is -10.1. The molecule has 0 atom stereocenters. The van der Waals surface area contributed by atoms with E-state index < -0.39 is 39.4 Å². The third kappa shape index (κ3) is 5.46. The van der Waals surface area contributed by atoms with Crippen LogP contribution in [0.1, 0.15) is 24.1 Å². The van der Waals surface area contributed by atoms with Crippen molar-refractivity contribution in [3.8, 4) is 0 Å². The molecule has 0 radical (unpaired) electrons. The van der Waals surface area contributed by atoms with Crippen LogP contribution in [-0.4, -0.2) is 42.5 Å². The van der Waals surface area contributed by atoms with Gasteiger partial charge in [0, 0.05) is 0 Å². The van der Waals surface area contributed by atoms with Gasteiger partial charge in [0.25, 0.3) is 5.60 Å². The SMILES string of the molecule is O=C(Cc1ccc(S(=O)(=O)CC2CC2)cc1)Nc1ccc(C(O)(C(F)(F)F)C(F)(F)F)nc1. The molecule has 13 heteroatoms. The number of benzene rings is 1. The zero-order valence-electron chi connectivity index (χ0n) is 16.7. The molecule has 1 amide bonds. The lowest BCUT2D eigenvalue weighted by molar-refractivity contribution is -0.377. The predicted molar refractivity (Wildman–Crippen MR) is 104 cm³/mol. The smallest absolute Gasteiger partial charge is 0.368 e. The summed E-state index contributed by atoms with van der Waals surface area (Å²) in [6.45, 7) is 0. The Morgan fingerprint density at radius 3 is 2.03 bits per heavy atom. The molecule has 0 bridgehead atoms. The molecular formula is C20H18F6N2O4S. The molecule has 1 heterocycles. The first-order valence-electron chi connectivity index (χ1n) is 9.57. The van der Waals surface area contributed by atoms with Crippen LogP contribution in [0.25, 0.3) is 0 Å². The first-order valence-corrected chi connectivity index (χ1v) is 11.2. The topological polar surface area (TPSA) is 96.4 Å². The fourth-order valence-corrected chi connectivity index (χ4v) is 4.73. The standard InChI is InChI=1S/C20H18F6N2O4S/c21-19(22,23)18(30,20(24,25)26)16-8-5-14(10-27-16)28-17(29)9-12-3-6-15(7-4-12)33(31,32)11-13-1-2-13/h3-8,10,13,30H,1-2,9,11H2,(H,28,29). The van der Waals surface area contributed by atoms with Crippen molar-refractivity contribution in [2.45, 2.75) is 42.1 Å². The normalized spacial score (nSPS) is 15.4. The van der Waals surface area contributed by atoms with E-state index in [0.29, 0.717) is 17.8 Å². The van der Waals surface area contributed by atoms with Gasteiger partial charge in [0.1, 0.15) is 0 Å². The van der Waals surface area contributed by atoms with Crippen LogP contribution in [-0.2, 0) is 26.7 Å². The Labute approximate surface area is 184 Å². The van der Waals surface area contributed by atoms with Crippen molar-refractivity contribution in [1.29, 1.82) is 0 Å². The van der Waals surface area contributed by atoms with Crippen LogP contribution in [0.3, 0.4) is 0 Å². The Balaban J connectivity index is 1.66. The third-order valence-electron chi connectivity index (χ3n) is 5.04. The summed E-state index contributed by atoms with van der Waals surface area (Å²) in [5, 5.41) is 11.6. The van der Waals surface area contributed by atoms with Gasteiger partial charge in [0.05, 0.1) is 34.6 Å². The molecule has 1 aromatic carbocycles. The van der Waals surface area contributed by atoms with Crippen LogP contribution < -0.4 is 5.32 Å². The minimum Gasteiger partial charge on any atom is -0.368 e. The molecule has 2 N–H and O–H groups in total. The Kier molecular flexibility index (Phi) is 6.50. The van der Waals surface area contributed by atoms with Crippen molar-refractivity contribution in [3.05, 3.63) is 53.9 Å². The Hall–Kier alpha value is -2.67. The van der Waals surface area contributed by atoms with Crippen molar-refractivity contribution >= 4 is 21.4 Å². The second-order valence-corrected chi connectivity index (χ2v) is 9.77. The Morgan fingerprint density at radius 2 is 1.58 bits per heavy atom. The summed E-state index contributed by atoms with van der Waals surface area (Å²) in [6, 6.07) is 6.67. The molecule has 33 heavy (non-hydrogen) atoms. The second-order valence-electron chi connectivity index (χ2n) is 7.73. The van der Waals surface area contributed by atoms with Crippen molar-refractivity contribution in [2.75, 3.05) is 11.1 Å². The van der Waals surface area contributed by atoms with E-state index in [1.54, 1.807) is 0 Å². The van der Waals surface area contributed by atoms with Crippen molar-refractivity contribution in [3.63, 3.8) is 0 Å². The third-order valence-corrected chi connectivity index (χ3v) is 6.94. The van der Waals surface area contributed by atoms with Gasteiger partial charge in [-0.05, 0) is 48.6 Å². The first kappa shape index (κ1) is 25.0. The number of anilines is 1. The molecule has 0 aliphatic heterocycles. The van der Waals surface area contributed by atoms with Gasteiger partial charge in [-0.3, -0.25) is 9.78 Å². The number of aromatic nitrogens is 1. The molecule has 0 saturated heterocycles. The van der Waals surface area contributed by atoms with Crippen LogP contribution in [0, 0.1) is 5.92 Å². The van der Waals surface area contributed by atoms with Gasteiger partial charge in [-0.15, -0.1) is 0 Å². The van der Waals surface area contributed by atoms with E-state index in [9.17, 15) is 44.7 Å². The quantitative estimate of drug-likeness (QED) is 0.570. The maximum atomic E-state index is 12.9.